The van der Waals surface area contributed by atoms with Crippen LogP contribution in [0.2, 0.25) is 0 Å². The lowest BCUT2D eigenvalue weighted by Crippen LogP contribution is -2.43. The Morgan fingerprint density at radius 1 is 1.26 bits per heavy atom. The first-order valence-electron chi connectivity index (χ1n) is 10.6. The molecule has 12 nitrogen and oxygen atoms in total. The third kappa shape index (κ3) is 5.54. The number of anilines is 2. The third-order valence-corrected chi connectivity index (χ3v) is 5.95. The third-order valence-electron chi connectivity index (χ3n) is 4.95. The van der Waals surface area contributed by atoms with Gasteiger partial charge in [0.05, 0.1) is 12.4 Å². The molecule has 0 aliphatic heterocycles. The summed E-state index contributed by atoms with van der Waals surface area (Å²) in [5, 5.41) is 8.90. The van der Waals surface area contributed by atoms with Gasteiger partial charge in [0, 0.05) is 45.2 Å². The monoisotopic (exact) mass is 488 g/mol. The Balaban J connectivity index is 1.87. The Morgan fingerprint density at radius 3 is 2.62 bits per heavy atom. The van der Waals surface area contributed by atoms with Gasteiger partial charge < -0.3 is 19.9 Å². The Hall–Kier alpha value is -3.45. The number of pyridine rings is 1. The lowest BCUT2D eigenvalue weighted by atomic mass is 10.2. The van der Waals surface area contributed by atoms with E-state index in [1.165, 1.54) is 28.3 Å². The van der Waals surface area contributed by atoms with Crippen LogP contribution in [0.3, 0.4) is 0 Å². The fourth-order valence-electron chi connectivity index (χ4n) is 3.33. The van der Waals surface area contributed by atoms with Gasteiger partial charge >= 0.3 is 5.69 Å². The average Bonchev–Trinajstić information content (AvgIpc) is 3.17. The summed E-state index contributed by atoms with van der Waals surface area (Å²) in [6, 6.07) is 3.63. The van der Waals surface area contributed by atoms with Crippen LogP contribution in [0.5, 0.6) is 0 Å². The number of ether oxygens (including phenoxy) is 1. The molecule has 0 bridgehead atoms. The van der Waals surface area contributed by atoms with Crippen LogP contribution >= 0.6 is 11.8 Å². The molecule has 0 aliphatic rings. The first-order valence-corrected chi connectivity index (χ1v) is 11.6. The second-order valence-corrected chi connectivity index (χ2v) is 8.87. The van der Waals surface area contributed by atoms with Crippen LogP contribution < -0.4 is 21.9 Å². The second-order valence-electron chi connectivity index (χ2n) is 7.93. The molecule has 34 heavy (non-hydrogen) atoms. The van der Waals surface area contributed by atoms with E-state index in [9.17, 15) is 14.4 Å². The van der Waals surface area contributed by atoms with Crippen LogP contribution in [0, 0.1) is 5.92 Å². The molecule has 0 saturated carbocycles. The van der Waals surface area contributed by atoms with Crippen molar-refractivity contribution in [2.45, 2.75) is 25.5 Å². The van der Waals surface area contributed by atoms with Crippen LogP contribution in [0.4, 0.5) is 11.5 Å². The molecular weight excluding hydrogens is 460 g/mol. The predicted molar refractivity (Wildman–Crippen MR) is 130 cm³/mol. The molecule has 0 saturated heterocycles. The van der Waals surface area contributed by atoms with Crippen molar-refractivity contribution in [2.24, 2.45) is 13.0 Å². The normalized spacial score (nSPS) is 11.2. The van der Waals surface area contributed by atoms with E-state index in [4.69, 9.17) is 10.5 Å². The SMILES string of the molecule is COCCN(C(=O)CSc1nnc(-c2ccncc2)n1C)c1c(N)n(CC(C)C)c(=O)[nH]c1=O. The number of carbonyl (C=O) groups is 1. The first-order chi connectivity index (χ1) is 16.2. The lowest BCUT2D eigenvalue weighted by Gasteiger charge is -2.24. The molecule has 0 spiro atoms. The Bertz CT molecular complexity index is 1250. The molecule has 13 heteroatoms. The summed E-state index contributed by atoms with van der Waals surface area (Å²) in [4.78, 5) is 45.7. The van der Waals surface area contributed by atoms with Crippen molar-refractivity contribution in [3.63, 3.8) is 0 Å². The summed E-state index contributed by atoms with van der Waals surface area (Å²) in [5.41, 5.74) is 5.64. The number of thioether (sulfide) groups is 1. The fourth-order valence-corrected chi connectivity index (χ4v) is 4.11. The van der Waals surface area contributed by atoms with Crippen LogP contribution in [0.15, 0.2) is 39.3 Å². The lowest BCUT2D eigenvalue weighted by molar-refractivity contribution is -0.116. The van der Waals surface area contributed by atoms with Gasteiger partial charge in [-0.3, -0.25) is 24.1 Å². The first kappa shape index (κ1) is 25.2. The molecule has 0 atom stereocenters. The number of hydrogen-bond donors (Lipinski definition) is 2. The van der Waals surface area contributed by atoms with Gasteiger partial charge in [0.2, 0.25) is 5.91 Å². The van der Waals surface area contributed by atoms with Gasteiger partial charge in [-0.2, -0.15) is 0 Å². The highest BCUT2D eigenvalue weighted by molar-refractivity contribution is 7.99. The van der Waals surface area contributed by atoms with E-state index in [0.29, 0.717) is 17.5 Å². The Kier molecular flexibility index (Phi) is 8.23. The molecule has 0 fully saturated rings. The van der Waals surface area contributed by atoms with Gasteiger partial charge in [-0.25, -0.2) is 4.79 Å². The number of rotatable bonds is 10. The largest absolute Gasteiger partial charge is 0.383 e. The van der Waals surface area contributed by atoms with Crippen LogP contribution in [0.25, 0.3) is 11.4 Å². The maximum Gasteiger partial charge on any atom is 0.330 e. The minimum atomic E-state index is -0.726. The van der Waals surface area contributed by atoms with Crippen LogP contribution in [-0.4, -0.2) is 61.2 Å². The molecule has 0 radical (unpaired) electrons. The summed E-state index contributed by atoms with van der Waals surface area (Å²) in [6.07, 6.45) is 3.32. The Morgan fingerprint density at radius 2 is 1.97 bits per heavy atom. The highest BCUT2D eigenvalue weighted by Gasteiger charge is 2.25. The number of methoxy groups -OCH3 is 1. The smallest absolute Gasteiger partial charge is 0.330 e. The number of nitrogens with zero attached hydrogens (tertiary/aromatic N) is 6. The Labute approximate surface area is 200 Å². The van der Waals surface area contributed by atoms with Crippen molar-refractivity contribution >= 4 is 29.2 Å². The minimum absolute atomic E-state index is 0.0335. The molecule has 182 valence electrons. The number of nitrogen functional groups attached to an aromatic ring is 1. The van der Waals surface area contributed by atoms with Gasteiger partial charge in [-0.1, -0.05) is 25.6 Å². The summed E-state index contributed by atoms with van der Waals surface area (Å²) in [5.74, 6) is 0.254. The zero-order valence-corrected chi connectivity index (χ0v) is 20.3. The van der Waals surface area contributed by atoms with Gasteiger partial charge in [-0.15, -0.1) is 10.2 Å². The summed E-state index contributed by atoms with van der Waals surface area (Å²) in [6.45, 7) is 4.40. The van der Waals surface area contributed by atoms with E-state index < -0.39 is 11.2 Å². The van der Waals surface area contributed by atoms with Crippen molar-refractivity contribution in [3.8, 4) is 11.4 Å². The summed E-state index contributed by atoms with van der Waals surface area (Å²) < 4.78 is 8.17. The fraction of sp³-hybridized carbons (Fsp3) is 0.429. The van der Waals surface area contributed by atoms with Gasteiger partial charge in [0.15, 0.2) is 16.7 Å². The molecule has 3 aromatic rings. The number of carbonyl (C=O) groups excluding carboxylic acids is 1. The number of aromatic amines is 1. The number of nitrogens with one attached hydrogen (secondary N) is 1. The van der Waals surface area contributed by atoms with E-state index in [1.807, 2.05) is 26.0 Å². The van der Waals surface area contributed by atoms with Crippen molar-refractivity contribution in [1.29, 1.82) is 0 Å². The number of H-pyrrole nitrogens is 1. The summed E-state index contributed by atoms with van der Waals surface area (Å²) >= 11 is 1.18. The standard InChI is InChI=1S/C21H28N8O4S/c1-13(2)11-29-17(22)16(19(31)24-20(29)32)28(9-10-33-4)15(30)12-34-21-26-25-18(27(21)3)14-5-7-23-8-6-14/h5-8,13H,9-12,22H2,1-4H3,(H,24,31,32). The number of nitrogens with two attached hydrogens (primary N) is 1. The highest BCUT2D eigenvalue weighted by Crippen LogP contribution is 2.24. The zero-order valence-electron chi connectivity index (χ0n) is 19.5. The number of aromatic nitrogens is 6. The van der Waals surface area contributed by atoms with Gasteiger partial charge in [0.25, 0.3) is 5.56 Å². The van der Waals surface area contributed by atoms with E-state index in [-0.39, 0.29) is 42.2 Å². The molecule has 3 N–H and O–H groups in total. The average molecular weight is 489 g/mol. The van der Waals surface area contributed by atoms with E-state index in [2.05, 4.69) is 20.2 Å². The predicted octanol–water partition coefficient (Wildman–Crippen LogP) is 0.737. The van der Waals surface area contributed by atoms with Gasteiger partial charge in [0.1, 0.15) is 5.82 Å². The second kappa shape index (κ2) is 11.1. The van der Waals surface area contributed by atoms with Crippen molar-refractivity contribution in [2.75, 3.05) is 36.6 Å². The van der Waals surface area contributed by atoms with E-state index >= 15 is 0 Å². The summed E-state index contributed by atoms with van der Waals surface area (Å²) in [7, 11) is 3.29. The van der Waals surface area contributed by atoms with Crippen molar-refractivity contribution < 1.29 is 9.53 Å². The molecular formula is C21H28N8O4S. The molecule has 1 amide bonds. The van der Waals surface area contributed by atoms with E-state index in [1.54, 1.807) is 24.0 Å². The number of amides is 1. The molecule has 0 aromatic carbocycles. The quantitative estimate of drug-likeness (QED) is 0.393. The number of hydrogen-bond acceptors (Lipinski definition) is 9. The highest BCUT2D eigenvalue weighted by atomic mass is 32.2. The van der Waals surface area contributed by atoms with Crippen LogP contribution in [-0.2, 0) is 23.1 Å². The minimum Gasteiger partial charge on any atom is -0.383 e. The van der Waals surface area contributed by atoms with Gasteiger partial charge in [-0.05, 0) is 18.1 Å². The molecule has 0 unspecified atom stereocenters. The topological polar surface area (TPSA) is 154 Å². The van der Waals surface area contributed by atoms with E-state index in [0.717, 1.165) is 5.56 Å². The van der Waals surface area contributed by atoms with Crippen molar-refractivity contribution in [1.82, 2.24) is 29.3 Å². The zero-order chi connectivity index (χ0) is 24.8. The maximum absolute atomic E-state index is 13.2. The van der Waals surface area contributed by atoms with Crippen molar-refractivity contribution in [3.05, 3.63) is 45.4 Å². The molecule has 3 heterocycles. The molecule has 3 rings (SSSR count). The maximum atomic E-state index is 13.2. The molecule has 3 aromatic heterocycles. The van der Waals surface area contributed by atoms with Crippen LogP contribution in [0.1, 0.15) is 13.8 Å². The molecule has 0 aliphatic carbocycles.